The zero-order valence-electron chi connectivity index (χ0n) is 77.9. The number of hydrogen-bond acceptors (Lipinski definition) is 33. The summed E-state index contributed by atoms with van der Waals surface area (Å²) in [6.45, 7) is 13.3. The first-order valence-corrected chi connectivity index (χ1v) is 48.0. The number of nitrogens with zero attached hydrogens (tertiary/aromatic N) is 17. The maximum Gasteiger partial charge on any atom is 0.416 e. The summed E-state index contributed by atoms with van der Waals surface area (Å²) in [5, 5.41) is 58.7. The van der Waals surface area contributed by atoms with Gasteiger partial charge in [0.15, 0.2) is 107 Å². The third-order valence-corrected chi connectivity index (χ3v) is 25.5. The summed E-state index contributed by atoms with van der Waals surface area (Å²) in [5.41, 5.74) is 17.3. The zero-order chi connectivity index (χ0) is 102. The van der Waals surface area contributed by atoms with Crippen molar-refractivity contribution in [3.63, 3.8) is 0 Å². The van der Waals surface area contributed by atoms with Crippen LogP contribution in [0.2, 0.25) is 10.0 Å². The number of fused-ring (bicyclic) bond motifs is 7. The van der Waals surface area contributed by atoms with E-state index in [4.69, 9.17) is 60.1 Å². The quantitative estimate of drug-likeness (QED) is 0.0370. The third kappa shape index (κ3) is 24.1. The summed E-state index contributed by atoms with van der Waals surface area (Å²) in [6, 6.07) is 74.0. The van der Waals surface area contributed by atoms with Gasteiger partial charge >= 0.3 is 6.18 Å². The van der Waals surface area contributed by atoms with Gasteiger partial charge in [-0.1, -0.05) is 147 Å². The summed E-state index contributed by atoms with van der Waals surface area (Å²) in [7, 11) is -7.29. The fourth-order valence-corrected chi connectivity index (χ4v) is 17.1. The second-order valence-corrected chi connectivity index (χ2v) is 37.7. The first-order valence-electron chi connectivity index (χ1n) is 44.2. The first-order chi connectivity index (χ1) is 70.4. The molecule has 0 aliphatic rings. The standard InChI is InChI=1S/C20H20N4O3S.C17H13ClN4O3S.C14H10F3N3O.C14H10N4O.C13H10ClN3O.C13H10FN3O.C12H9N3O/c1-20(2,3)14-6-8-16(9-7-14)28(25,26)24-12-10-15(13-24)22-19-18-17(27-23-19)5-4-11-21-18;18-14-5-2-1-4-12(14)11-26(23,24)22-9-7-13(10-22)20-17-16-15(25-21-17)6-3-8-19-16;1-8-4-5-9(7-10(8)14(15,16)17)19-13-12-11(21-20-13)3-2-6-18-12;1-9-5-10(8-15)7-11(6-9)17-14-13-12(19-18-14)3-2-4-16-13;2*1-8-4-5-9(7-10(8)14)16-13-12-11(18-17-13)3-2-6-15-12;1-2-5-9(6-3-1)14-12-11-10(16-15-12)7-4-8-13-11/h4-13H,1-3H3,(H,22,23);1-10H,11H2,(H,20,21);2-7H,1H3,(H,19,20);2-7H,1H3,(H,17,18);2*2-7H,1H3,(H,16,17);1-8H,(H,14,15). The van der Waals surface area contributed by atoms with Gasteiger partial charge in [-0.05, 0) is 248 Å². The summed E-state index contributed by atoms with van der Waals surface area (Å²) in [4.78, 5) is 29.6. The summed E-state index contributed by atoms with van der Waals surface area (Å²) >= 11 is 12.1. The van der Waals surface area contributed by atoms with E-state index >= 15 is 0 Å². The van der Waals surface area contributed by atoms with E-state index in [1.807, 2.05) is 105 Å². The van der Waals surface area contributed by atoms with Crippen LogP contribution >= 0.6 is 23.2 Å². The molecule has 734 valence electrons. The highest BCUT2D eigenvalue weighted by Gasteiger charge is 2.33. The van der Waals surface area contributed by atoms with Crippen LogP contribution < -0.4 is 37.2 Å². The number of halogens is 6. The molecule has 0 bridgehead atoms. The predicted octanol–water partition coefficient (Wildman–Crippen LogP) is 25.9. The van der Waals surface area contributed by atoms with Crippen LogP contribution in [0, 0.1) is 44.8 Å². The van der Waals surface area contributed by atoms with Crippen LogP contribution in [-0.4, -0.2) is 95.8 Å². The molecule has 0 amide bonds. The number of nitrogens with one attached hydrogen (secondary N) is 7. The van der Waals surface area contributed by atoms with Gasteiger partial charge in [-0.2, -0.15) is 18.4 Å². The Morgan fingerprint density at radius 2 is 0.712 bits per heavy atom. The molecule has 0 aliphatic carbocycles. The third-order valence-electron chi connectivity index (χ3n) is 21.6. The molecule has 0 saturated carbocycles. The van der Waals surface area contributed by atoms with Crippen molar-refractivity contribution in [3.8, 4) is 6.07 Å². The van der Waals surface area contributed by atoms with Crippen LogP contribution in [-0.2, 0) is 37.4 Å². The van der Waals surface area contributed by atoms with Crippen LogP contribution in [0.5, 0.6) is 0 Å². The number of aryl methyl sites for hydroxylation is 4. The van der Waals surface area contributed by atoms with Gasteiger partial charge in [-0.3, -0.25) is 3.97 Å². The second-order valence-electron chi connectivity index (χ2n) is 33.2. The minimum atomic E-state index is -4.40. The fraction of sp³-hybridized carbons (Fsp3) is 0.0971. The molecule has 23 rings (SSSR count). The average Bonchev–Trinajstić information content (AvgIpc) is 1.65. The lowest BCUT2D eigenvalue weighted by Gasteiger charge is -2.19. The molecule has 0 atom stereocenters. The van der Waals surface area contributed by atoms with Crippen molar-refractivity contribution in [2.45, 2.75) is 70.7 Å². The molecule has 0 fully saturated rings. The lowest BCUT2D eigenvalue weighted by atomic mass is 9.87. The number of aromatic nitrogens is 16. The molecule has 0 spiro atoms. The van der Waals surface area contributed by atoms with E-state index in [1.54, 1.807) is 190 Å². The number of nitriles is 1. The van der Waals surface area contributed by atoms with E-state index in [0.717, 1.165) is 49.3 Å². The highest BCUT2D eigenvalue weighted by atomic mass is 35.5. The van der Waals surface area contributed by atoms with Crippen molar-refractivity contribution in [1.29, 1.82) is 5.26 Å². The smallest absolute Gasteiger partial charge is 0.352 e. The summed E-state index contributed by atoms with van der Waals surface area (Å²) < 4.78 is 141. The molecule has 146 heavy (non-hydrogen) atoms. The van der Waals surface area contributed by atoms with E-state index in [1.165, 1.54) is 47.8 Å². The van der Waals surface area contributed by atoms with Crippen LogP contribution in [0.15, 0.2) is 353 Å². The monoisotopic (exact) mass is 2040 g/mol. The van der Waals surface area contributed by atoms with Crippen molar-refractivity contribution < 1.29 is 66.1 Å². The van der Waals surface area contributed by atoms with Crippen molar-refractivity contribution in [2.24, 2.45) is 0 Å². The Balaban J connectivity index is 0.000000117. The topological polar surface area (TPSA) is 459 Å². The predicted molar refractivity (Wildman–Crippen MR) is 548 cm³/mol. The Morgan fingerprint density at radius 1 is 0.356 bits per heavy atom. The minimum Gasteiger partial charge on any atom is -0.352 e. The normalized spacial score (nSPS) is 11.3. The maximum atomic E-state index is 13.4. The van der Waals surface area contributed by atoms with Crippen LogP contribution in [0.3, 0.4) is 0 Å². The number of pyridine rings is 7. The van der Waals surface area contributed by atoms with Crippen molar-refractivity contribution in [3.05, 3.63) is 377 Å². The molecule has 7 N–H and O–H groups in total. The molecule has 16 aromatic heterocycles. The summed E-state index contributed by atoms with van der Waals surface area (Å²) in [5.74, 6) is 2.92. The van der Waals surface area contributed by atoms with Gasteiger partial charge in [0.05, 0.1) is 39.2 Å². The molecule has 23 aromatic rings. The Hall–Kier alpha value is -18.3. The molecular formula is C103H82Cl2F4N24O11S2. The Labute approximate surface area is 837 Å². The molecule has 35 nitrogen and oxygen atoms in total. The Bertz CT molecular complexity index is 8730. The van der Waals surface area contributed by atoms with E-state index in [0.29, 0.717) is 151 Å². The molecular weight excluding hydrogens is 1960 g/mol. The van der Waals surface area contributed by atoms with E-state index < -0.39 is 31.8 Å². The van der Waals surface area contributed by atoms with Gasteiger partial charge in [0.25, 0.3) is 10.0 Å². The van der Waals surface area contributed by atoms with Gasteiger partial charge in [-0.15, -0.1) is 0 Å². The molecule has 0 unspecified atom stereocenters. The fourth-order valence-electron chi connectivity index (χ4n) is 14.1. The van der Waals surface area contributed by atoms with Crippen LogP contribution in [0.25, 0.3) is 77.7 Å². The molecule has 0 aliphatic heterocycles. The number of para-hydroxylation sites is 1. The highest BCUT2D eigenvalue weighted by Crippen LogP contribution is 2.38. The number of hydrogen-bond donors (Lipinski definition) is 7. The zero-order valence-corrected chi connectivity index (χ0v) is 81.1. The lowest BCUT2D eigenvalue weighted by Crippen LogP contribution is -2.13. The number of benzene rings is 7. The van der Waals surface area contributed by atoms with E-state index in [-0.39, 0.29) is 38.9 Å². The molecule has 43 heteroatoms. The average molecular weight is 2040 g/mol. The lowest BCUT2D eigenvalue weighted by molar-refractivity contribution is -0.138. The van der Waals surface area contributed by atoms with E-state index in [9.17, 15) is 34.4 Å². The van der Waals surface area contributed by atoms with E-state index in [2.05, 4.69) is 135 Å². The SMILES string of the molecule is CC(C)(C)c1ccc(S(=O)(=O)n2ccc(Nc3noc4cccnc34)c2)cc1.Cc1cc(C#N)cc(Nc2noc3cccnc23)c1.Cc1ccc(Nc2noc3cccnc23)cc1C(F)(F)F.Cc1ccc(Nc2noc3cccnc23)cc1Cl.Cc1ccc(Nc2noc3cccnc23)cc1F.O=S(=O)(Cc1ccccc1Cl)n1ccc(Nc2noc3cccnc23)c1.c1ccc(Nc2noc3cccnc23)cc1. The first kappa shape index (κ1) is 99.3. The van der Waals surface area contributed by atoms with Gasteiger partial charge in [0.2, 0.25) is 21.7 Å². The Morgan fingerprint density at radius 3 is 1.10 bits per heavy atom. The van der Waals surface area contributed by atoms with Crippen molar-refractivity contribution >= 4 is 201 Å². The van der Waals surface area contributed by atoms with Crippen LogP contribution in [0.1, 0.15) is 65.3 Å². The van der Waals surface area contributed by atoms with Gasteiger partial charge in [0, 0.05) is 107 Å². The number of anilines is 14. The molecule has 7 aromatic carbocycles. The van der Waals surface area contributed by atoms with Gasteiger partial charge in [0.1, 0.15) is 5.82 Å². The highest BCUT2D eigenvalue weighted by molar-refractivity contribution is 7.90. The van der Waals surface area contributed by atoms with Crippen LogP contribution in [0.4, 0.5) is 98.1 Å². The van der Waals surface area contributed by atoms with Gasteiger partial charge < -0.3 is 68.9 Å². The molecule has 16 heterocycles. The minimum absolute atomic E-state index is 0.0404. The van der Waals surface area contributed by atoms with Crippen molar-refractivity contribution in [1.82, 2.24) is 78.9 Å². The second kappa shape index (κ2) is 43.9. The molecule has 0 saturated heterocycles. The van der Waals surface area contributed by atoms with Crippen molar-refractivity contribution in [2.75, 3.05) is 37.2 Å². The molecule has 0 radical (unpaired) electrons. The Kier molecular flexibility index (Phi) is 29.8. The largest absolute Gasteiger partial charge is 0.416 e. The number of rotatable bonds is 19. The number of alkyl halides is 3. The maximum absolute atomic E-state index is 13.4. The summed E-state index contributed by atoms with van der Waals surface area (Å²) in [6.07, 6.45) is 13.1. The van der Waals surface area contributed by atoms with Gasteiger partial charge in [-0.25, -0.2) is 60.1 Å².